The summed E-state index contributed by atoms with van der Waals surface area (Å²) in [7, 11) is 0. The highest BCUT2D eigenvalue weighted by molar-refractivity contribution is 6.02. The Labute approximate surface area is 193 Å². The number of nitrogens with one attached hydrogen (secondary N) is 2. The van der Waals surface area contributed by atoms with Gasteiger partial charge < -0.3 is 24.5 Å². The van der Waals surface area contributed by atoms with E-state index in [9.17, 15) is 9.59 Å². The minimum Gasteiger partial charge on any atom is -0.490 e. The Balaban J connectivity index is 1.23. The molecular formula is C26H28N2O5. The van der Waals surface area contributed by atoms with Crippen LogP contribution in [0.2, 0.25) is 0 Å². The van der Waals surface area contributed by atoms with Crippen LogP contribution in [0.5, 0.6) is 11.5 Å². The lowest BCUT2D eigenvalue weighted by molar-refractivity contribution is -0.123. The van der Waals surface area contributed by atoms with Gasteiger partial charge in [-0.2, -0.15) is 0 Å². The van der Waals surface area contributed by atoms with E-state index in [-0.39, 0.29) is 30.3 Å². The van der Waals surface area contributed by atoms with Gasteiger partial charge in [0.05, 0.1) is 12.4 Å². The van der Waals surface area contributed by atoms with E-state index in [4.69, 9.17) is 13.9 Å². The molecule has 2 N–H and O–H groups in total. The van der Waals surface area contributed by atoms with Crippen molar-refractivity contribution < 1.29 is 23.5 Å². The van der Waals surface area contributed by atoms with Crippen molar-refractivity contribution in [3.63, 3.8) is 0 Å². The van der Waals surface area contributed by atoms with Crippen LogP contribution in [0.1, 0.15) is 48.2 Å². The van der Waals surface area contributed by atoms with Crippen molar-refractivity contribution in [2.75, 3.05) is 11.9 Å². The Morgan fingerprint density at radius 1 is 0.939 bits per heavy atom. The normalized spacial score (nSPS) is 13.8. The smallest absolute Gasteiger partial charge is 0.291 e. The number of ether oxygens (including phenoxy) is 2. The maximum absolute atomic E-state index is 12.3. The summed E-state index contributed by atoms with van der Waals surface area (Å²) in [6.45, 7) is 0.261. The number of rotatable bonds is 9. The molecule has 33 heavy (non-hydrogen) atoms. The predicted molar refractivity (Wildman–Crippen MR) is 124 cm³/mol. The number of carbonyl (C=O) groups is 2. The van der Waals surface area contributed by atoms with Gasteiger partial charge in [0.15, 0.2) is 12.4 Å². The van der Waals surface area contributed by atoms with Crippen LogP contribution in [0.4, 0.5) is 5.69 Å². The van der Waals surface area contributed by atoms with Crippen LogP contribution in [0.3, 0.4) is 0 Å². The highest BCUT2D eigenvalue weighted by atomic mass is 16.5. The van der Waals surface area contributed by atoms with Crippen LogP contribution in [0.25, 0.3) is 0 Å². The molecular weight excluding hydrogens is 420 g/mol. The molecule has 0 atom stereocenters. The van der Waals surface area contributed by atoms with Crippen LogP contribution in [0.15, 0.2) is 71.3 Å². The summed E-state index contributed by atoms with van der Waals surface area (Å²) in [5.74, 6) is 0.945. The first kappa shape index (κ1) is 22.5. The van der Waals surface area contributed by atoms with Gasteiger partial charge in [0.1, 0.15) is 11.5 Å². The summed E-state index contributed by atoms with van der Waals surface area (Å²) < 4.78 is 16.8. The zero-order chi connectivity index (χ0) is 22.9. The lowest BCUT2D eigenvalue weighted by atomic mass is 9.98. The number of furan rings is 1. The number of anilines is 1. The van der Waals surface area contributed by atoms with Gasteiger partial charge in [0.2, 0.25) is 0 Å². The zero-order valence-electron chi connectivity index (χ0n) is 18.4. The molecule has 2 aromatic carbocycles. The average Bonchev–Trinajstić information content (AvgIpc) is 3.38. The molecule has 4 rings (SSSR count). The molecule has 0 saturated heterocycles. The van der Waals surface area contributed by atoms with Crippen molar-refractivity contribution >= 4 is 17.5 Å². The number of amides is 2. The van der Waals surface area contributed by atoms with E-state index in [1.165, 1.54) is 25.5 Å². The third-order valence-electron chi connectivity index (χ3n) is 5.45. The molecule has 7 heteroatoms. The highest BCUT2D eigenvalue weighted by Gasteiger charge is 2.15. The maximum atomic E-state index is 12.3. The lowest BCUT2D eigenvalue weighted by Gasteiger charge is -2.23. The summed E-state index contributed by atoms with van der Waals surface area (Å²) in [6, 6.07) is 17.9. The molecule has 1 aliphatic carbocycles. The van der Waals surface area contributed by atoms with Crippen molar-refractivity contribution in [3.8, 4) is 11.5 Å². The quantitative estimate of drug-likeness (QED) is 0.484. The van der Waals surface area contributed by atoms with Crippen LogP contribution in [0, 0.1) is 0 Å². The van der Waals surface area contributed by atoms with Crippen molar-refractivity contribution in [1.82, 2.24) is 5.32 Å². The van der Waals surface area contributed by atoms with E-state index in [1.54, 1.807) is 36.4 Å². The molecule has 2 amide bonds. The van der Waals surface area contributed by atoms with Crippen molar-refractivity contribution in [3.05, 3.63) is 78.3 Å². The van der Waals surface area contributed by atoms with E-state index < -0.39 is 0 Å². The second kappa shape index (κ2) is 11.2. The fraction of sp³-hybridized carbons (Fsp3) is 0.308. The average molecular weight is 449 g/mol. The topological polar surface area (TPSA) is 89.8 Å². The maximum Gasteiger partial charge on any atom is 0.291 e. The van der Waals surface area contributed by atoms with Crippen molar-refractivity contribution in [1.29, 1.82) is 0 Å². The number of hydrogen-bond donors (Lipinski definition) is 2. The predicted octanol–water partition coefficient (Wildman–Crippen LogP) is 4.94. The Morgan fingerprint density at radius 3 is 2.58 bits per heavy atom. The number of carbonyl (C=O) groups excluding carboxylic acids is 2. The molecule has 1 fully saturated rings. The molecule has 0 spiro atoms. The Kier molecular flexibility index (Phi) is 7.64. The standard InChI is InChI=1S/C26H28N2O5/c29-25(27-17-19-7-4-12-23(15-19)33-21-9-2-1-3-10-21)18-32-22-11-5-8-20(16-22)28-26(30)24-13-6-14-31-24/h4-8,11-16,21H,1-3,9-10,17-18H2,(H,27,29)(H,28,30). The van der Waals surface area contributed by atoms with Crippen LogP contribution >= 0.6 is 0 Å². The largest absolute Gasteiger partial charge is 0.490 e. The van der Waals surface area contributed by atoms with E-state index in [2.05, 4.69) is 10.6 Å². The van der Waals surface area contributed by atoms with E-state index in [1.807, 2.05) is 24.3 Å². The van der Waals surface area contributed by atoms with Gasteiger partial charge in [-0.25, -0.2) is 0 Å². The molecule has 7 nitrogen and oxygen atoms in total. The lowest BCUT2D eigenvalue weighted by Crippen LogP contribution is -2.28. The first-order chi connectivity index (χ1) is 16.2. The SMILES string of the molecule is O=C(COc1cccc(NC(=O)c2ccco2)c1)NCc1cccc(OC2CCCCC2)c1. The highest BCUT2D eigenvalue weighted by Crippen LogP contribution is 2.24. The van der Waals surface area contributed by atoms with Gasteiger partial charge in [-0.1, -0.05) is 24.6 Å². The van der Waals surface area contributed by atoms with Gasteiger partial charge in [-0.05, 0) is 67.6 Å². The molecule has 1 saturated carbocycles. The third kappa shape index (κ3) is 6.87. The molecule has 0 radical (unpaired) electrons. The Morgan fingerprint density at radius 2 is 1.76 bits per heavy atom. The summed E-state index contributed by atoms with van der Waals surface area (Å²) >= 11 is 0. The van der Waals surface area contributed by atoms with Gasteiger partial charge in [0, 0.05) is 18.3 Å². The Bertz CT molecular complexity index is 1060. The first-order valence-corrected chi connectivity index (χ1v) is 11.3. The molecule has 1 aromatic heterocycles. The molecule has 172 valence electrons. The molecule has 1 aliphatic rings. The van der Waals surface area contributed by atoms with Crippen molar-refractivity contribution in [2.24, 2.45) is 0 Å². The second-order valence-corrected chi connectivity index (χ2v) is 8.05. The van der Waals surface area contributed by atoms with E-state index in [0.717, 1.165) is 24.2 Å². The van der Waals surface area contributed by atoms with Gasteiger partial charge in [-0.3, -0.25) is 9.59 Å². The summed E-state index contributed by atoms with van der Waals surface area (Å²) in [6.07, 6.45) is 7.67. The minimum absolute atomic E-state index is 0.131. The summed E-state index contributed by atoms with van der Waals surface area (Å²) in [5, 5.41) is 5.59. The van der Waals surface area contributed by atoms with E-state index >= 15 is 0 Å². The number of benzene rings is 2. The Hall–Kier alpha value is -3.74. The summed E-state index contributed by atoms with van der Waals surface area (Å²) in [4.78, 5) is 24.3. The second-order valence-electron chi connectivity index (χ2n) is 8.05. The zero-order valence-corrected chi connectivity index (χ0v) is 18.4. The fourth-order valence-corrected chi connectivity index (χ4v) is 3.77. The monoisotopic (exact) mass is 448 g/mol. The molecule has 3 aromatic rings. The van der Waals surface area contributed by atoms with Crippen LogP contribution in [-0.2, 0) is 11.3 Å². The fourth-order valence-electron chi connectivity index (χ4n) is 3.77. The van der Waals surface area contributed by atoms with Gasteiger partial charge >= 0.3 is 0 Å². The molecule has 0 unspecified atom stereocenters. The third-order valence-corrected chi connectivity index (χ3v) is 5.45. The summed E-state index contributed by atoms with van der Waals surface area (Å²) in [5.41, 5.74) is 1.52. The van der Waals surface area contributed by atoms with Crippen molar-refractivity contribution in [2.45, 2.75) is 44.8 Å². The van der Waals surface area contributed by atoms with E-state index in [0.29, 0.717) is 18.0 Å². The molecule has 0 bridgehead atoms. The van der Waals surface area contributed by atoms with Crippen LogP contribution in [-0.4, -0.2) is 24.5 Å². The van der Waals surface area contributed by atoms with Crippen LogP contribution < -0.4 is 20.1 Å². The van der Waals surface area contributed by atoms with Gasteiger partial charge in [-0.15, -0.1) is 0 Å². The number of hydrogen-bond acceptors (Lipinski definition) is 5. The first-order valence-electron chi connectivity index (χ1n) is 11.3. The molecule has 0 aliphatic heterocycles. The minimum atomic E-state index is -0.357. The van der Waals surface area contributed by atoms with Gasteiger partial charge in [0.25, 0.3) is 11.8 Å². The molecule has 1 heterocycles.